The first-order valence-electron chi connectivity index (χ1n) is 9.11. The Labute approximate surface area is 163 Å². The van der Waals surface area contributed by atoms with E-state index in [1.54, 1.807) is 16.4 Å². The van der Waals surface area contributed by atoms with Crippen molar-refractivity contribution in [1.82, 2.24) is 15.0 Å². The molecular weight excluding hydrogens is 358 g/mol. The molecule has 0 aliphatic carbocycles. The highest BCUT2D eigenvalue weighted by Gasteiger charge is 2.17. The first-order valence-corrected chi connectivity index (χ1v) is 9.92. The van der Waals surface area contributed by atoms with Crippen molar-refractivity contribution in [2.75, 3.05) is 0 Å². The van der Waals surface area contributed by atoms with Crippen LogP contribution < -0.4 is 0 Å². The number of nitrogens with zero attached hydrogens (tertiary/aromatic N) is 3. The number of ether oxygens (including phenoxy) is 1. The molecule has 0 radical (unpaired) electrons. The van der Waals surface area contributed by atoms with E-state index in [-0.39, 0.29) is 19.1 Å². The fraction of sp³-hybridized carbons (Fsp3) is 0.286. The number of hydrogen-bond acceptors (Lipinski definition) is 5. The third-order valence-corrected chi connectivity index (χ3v) is 5.15. The average Bonchev–Trinajstić information content (AvgIpc) is 3.07. The molecule has 0 saturated heterocycles. The molecule has 3 aromatic rings. The molecule has 0 bridgehead atoms. The highest BCUT2D eigenvalue weighted by molar-refractivity contribution is 7.99. The van der Waals surface area contributed by atoms with Crippen LogP contribution in [0.4, 0.5) is 0 Å². The number of esters is 1. The minimum Gasteiger partial charge on any atom is -0.459 e. The van der Waals surface area contributed by atoms with Gasteiger partial charge in [-0.25, -0.2) is 4.68 Å². The Bertz CT molecular complexity index is 850. The van der Waals surface area contributed by atoms with Crippen LogP contribution in [0.5, 0.6) is 0 Å². The number of benzene rings is 2. The first kappa shape index (κ1) is 19.2. The fourth-order valence-electron chi connectivity index (χ4n) is 2.56. The Hall–Kier alpha value is -2.60. The summed E-state index contributed by atoms with van der Waals surface area (Å²) in [5.41, 5.74) is 1.90. The second-order valence-corrected chi connectivity index (χ2v) is 7.23. The number of carbonyl (C=O) groups excluding carboxylic acids is 1. The largest absolute Gasteiger partial charge is 0.459 e. The average molecular weight is 382 g/mol. The van der Waals surface area contributed by atoms with Crippen LogP contribution in [0.1, 0.15) is 31.0 Å². The first-order chi connectivity index (χ1) is 13.3. The van der Waals surface area contributed by atoms with Gasteiger partial charge in [-0.2, -0.15) is 0 Å². The molecule has 0 N–H and O–H groups in total. The molecule has 6 heteroatoms. The van der Waals surface area contributed by atoms with Crippen molar-refractivity contribution >= 4 is 17.7 Å². The second kappa shape index (κ2) is 9.92. The van der Waals surface area contributed by atoms with Crippen molar-refractivity contribution in [3.63, 3.8) is 0 Å². The lowest BCUT2D eigenvalue weighted by atomic mass is 10.2. The summed E-state index contributed by atoms with van der Waals surface area (Å²) in [6.45, 7) is 2.47. The van der Waals surface area contributed by atoms with Gasteiger partial charge in [0.05, 0.1) is 5.69 Å². The van der Waals surface area contributed by atoms with Crippen molar-refractivity contribution in [2.24, 2.45) is 0 Å². The zero-order chi connectivity index (χ0) is 18.9. The summed E-state index contributed by atoms with van der Waals surface area (Å²) in [5.74, 6) is -0.319. The van der Waals surface area contributed by atoms with Crippen molar-refractivity contribution in [3.8, 4) is 0 Å². The quantitative estimate of drug-likeness (QED) is 0.510. The predicted molar refractivity (Wildman–Crippen MR) is 105 cm³/mol. The van der Waals surface area contributed by atoms with Gasteiger partial charge in [0.25, 0.3) is 0 Å². The number of aryl methyl sites for hydroxylation is 1. The van der Waals surface area contributed by atoms with Crippen LogP contribution in [0.25, 0.3) is 0 Å². The molecule has 3 rings (SSSR count). The van der Waals surface area contributed by atoms with Crippen molar-refractivity contribution in [1.29, 1.82) is 0 Å². The predicted octanol–water partition coefficient (Wildman–Crippen LogP) is 4.52. The van der Waals surface area contributed by atoms with Gasteiger partial charge in [0.1, 0.15) is 18.2 Å². The van der Waals surface area contributed by atoms with Crippen LogP contribution in [0.3, 0.4) is 0 Å². The lowest BCUT2D eigenvalue weighted by Crippen LogP contribution is -2.15. The molecule has 0 aliphatic heterocycles. The summed E-state index contributed by atoms with van der Waals surface area (Å²) < 4.78 is 7.04. The van der Waals surface area contributed by atoms with E-state index in [0.717, 1.165) is 40.4 Å². The Kier molecular flexibility index (Phi) is 7.04. The van der Waals surface area contributed by atoms with E-state index in [1.807, 2.05) is 60.7 Å². The Morgan fingerprint density at radius 2 is 1.78 bits per heavy atom. The highest BCUT2D eigenvalue weighted by Crippen LogP contribution is 2.30. The molecule has 0 saturated carbocycles. The summed E-state index contributed by atoms with van der Waals surface area (Å²) in [4.78, 5) is 13.4. The van der Waals surface area contributed by atoms with E-state index in [2.05, 4.69) is 17.2 Å². The maximum atomic E-state index is 12.3. The number of carbonyl (C=O) groups is 1. The van der Waals surface area contributed by atoms with E-state index in [0.29, 0.717) is 0 Å². The van der Waals surface area contributed by atoms with E-state index < -0.39 is 0 Å². The van der Waals surface area contributed by atoms with Crippen LogP contribution in [0.2, 0.25) is 0 Å². The van der Waals surface area contributed by atoms with Gasteiger partial charge in [-0.15, -0.1) is 5.10 Å². The summed E-state index contributed by atoms with van der Waals surface area (Å²) in [6.07, 6.45) is 2.98. The van der Waals surface area contributed by atoms with Crippen molar-refractivity contribution < 1.29 is 9.53 Å². The molecule has 5 nitrogen and oxygen atoms in total. The number of unbranched alkanes of at least 4 members (excludes halogenated alkanes) is 1. The smallest absolute Gasteiger partial charge is 0.328 e. The SMILES string of the molecule is CCCCc1nnn(CC(=O)OCc2ccccc2)c1Sc1ccccc1. The van der Waals surface area contributed by atoms with Gasteiger partial charge in [-0.1, -0.05) is 78.9 Å². The standard InChI is InChI=1S/C21H23N3O2S/c1-2-3-14-19-21(27-18-12-8-5-9-13-18)24(23-22-19)15-20(25)26-16-17-10-6-4-7-11-17/h4-13H,2-3,14-16H2,1H3. The van der Waals surface area contributed by atoms with E-state index in [1.165, 1.54) is 0 Å². The molecule has 0 fully saturated rings. The van der Waals surface area contributed by atoms with Crippen LogP contribution in [0, 0.1) is 0 Å². The van der Waals surface area contributed by atoms with Crippen LogP contribution >= 0.6 is 11.8 Å². The summed E-state index contributed by atoms with van der Waals surface area (Å²) in [5, 5.41) is 9.42. The zero-order valence-corrected chi connectivity index (χ0v) is 16.2. The molecule has 140 valence electrons. The summed E-state index contributed by atoms with van der Waals surface area (Å²) in [6, 6.07) is 19.7. The van der Waals surface area contributed by atoms with Gasteiger partial charge < -0.3 is 4.74 Å². The monoisotopic (exact) mass is 381 g/mol. The Morgan fingerprint density at radius 1 is 1.07 bits per heavy atom. The summed E-state index contributed by atoms with van der Waals surface area (Å²) in [7, 11) is 0. The van der Waals surface area contributed by atoms with E-state index in [4.69, 9.17) is 4.74 Å². The maximum absolute atomic E-state index is 12.3. The lowest BCUT2D eigenvalue weighted by molar-refractivity contribution is -0.146. The Balaban J connectivity index is 1.69. The molecule has 0 amide bonds. The van der Waals surface area contributed by atoms with Gasteiger partial charge >= 0.3 is 5.97 Å². The third-order valence-electron chi connectivity index (χ3n) is 4.00. The molecule has 0 spiro atoms. The van der Waals surface area contributed by atoms with Gasteiger partial charge in [-0.05, 0) is 30.5 Å². The van der Waals surface area contributed by atoms with Gasteiger partial charge in [0.2, 0.25) is 0 Å². The van der Waals surface area contributed by atoms with Gasteiger partial charge in [0.15, 0.2) is 0 Å². The van der Waals surface area contributed by atoms with Crippen molar-refractivity contribution in [2.45, 2.75) is 49.3 Å². The van der Waals surface area contributed by atoms with E-state index >= 15 is 0 Å². The van der Waals surface area contributed by atoms with Crippen LogP contribution in [-0.2, 0) is 29.1 Å². The Morgan fingerprint density at radius 3 is 2.48 bits per heavy atom. The molecule has 0 atom stereocenters. The number of hydrogen-bond donors (Lipinski definition) is 0. The molecule has 2 aromatic carbocycles. The highest BCUT2D eigenvalue weighted by atomic mass is 32.2. The number of rotatable bonds is 9. The minimum atomic E-state index is -0.319. The topological polar surface area (TPSA) is 57.0 Å². The molecule has 0 unspecified atom stereocenters. The van der Waals surface area contributed by atoms with Gasteiger partial charge in [0, 0.05) is 4.90 Å². The lowest BCUT2D eigenvalue weighted by Gasteiger charge is -2.08. The zero-order valence-electron chi connectivity index (χ0n) is 15.4. The molecule has 1 heterocycles. The van der Waals surface area contributed by atoms with Crippen LogP contribution in [0.15, 0.2) is 70.6 Å². The normalized spacial score (nSPS) is 10.7. The molecule has 0 aliphatic rings. The third kappa shape index (κ3) is 5.69. The molecule has 1 aromatic heterocycles. The van der Waals surface area contributed by atoms with Crippen molar-refractivity contribution in [3.05, 3.63) is 71.9 Å². The van der Waals surface area contributed by atoms with Crippen LogP contribution in [-0.4, -0.2) is 21.0 Å². The summed E-state index contributed by atoms with van der Waals surface area (Å²) >= 11 is 1.58. The van der Waals surface area contributed by atoms with Gasteiger partial charge in [-0.3, -0.25) is 4.79 Å². The molecular formula is C21H23N3O2S. The second-order valence-electron chi connectivity index (χ2n) is 6.16. The maximum Gasteiger partial charge on any atom is 0.328 e. The fourth-order valence-corrected chi connectivity index (χ4v) is 3.55. The van der Waals surface area contributed by atoms with E-state index in [9.17, 15) is 4.79 Å². The number of aromatic nitrogens is 3. The molecule has 27 heavy (non-hydrogen) atoms. The minimum absolute atomic E-state index is 0.0567.